The molecule has 0 saturated heterocycles. The molecule has 0 bridgehead atoms. The van der Waals surface area contributed by atoms with Crippen LogP contribution in [0.25, 0.3) is 0 Å². The van der Waals surface area contributed by atoms with E-state index in [2.05, 4.69) is 40.4 Å². The zero-order chi connectivity index (χ0) is 10.7. The van der Waals surface area contributed by atoms with Crippen LogP contribution in [-0.2, 0) is 27.2 Å². The Morgan fingerprint density at radius 2 is 2.07 bits per heavy atom. The van der Waals surface area contributed by atoms with E-state index in [1.165, 1.54) is 5.69 Å². The highest BCUT2D eigenvalue weighted by Crippen LogP contribution is 1.99. The average molecular weight is 204 g/mol. The normalized spacial score (nSPS) is 10.8. The maximum absolute atomic E-state index is 4.30. The van der Waals surface area contributed by atoms with Crippen molar-refractivity contribution >= 4 is 0 Å². The lowest BCUT2D eigenvalue weighted by molar-refractivity contribution is 0.632. The molecular weight excluding hydrogens is 188 g/mol. The van der Waals surface area contributed by atoms with Crippen LogP contribution in [0.2, 0.25) is 0 Å². The van der Waals surface area contributed by atoms with Crippen LogP contribution in [0.15, 0.2) is 30.6 Å². The molecule has 1 N–H and O–H groups in total. The van der Waals surface area contributed by atoms with Gasteiger partial charge in [0.1, 0.15) is 0 Å². The fourth-order valence-electron chi connectivity index (χ4n) is 1.56. The Hall–Kier alpha value is -1.55. The van der Waals surface area contributed by atoms with Gasteiger partial charge < -0.3 is 9.88 Å². The van der Waals surface area contributed by atoms with Gasteiger partial charge in [-0.25, -0.2) is 0 Å². The molecule has 2 aromatic rings. The molecule has 4 nitrogen and oxygen atoms in total. The summed E-state index contributed by atoms with van der Waals surface area (Å²) in [5.41, 5.74) is 2.36. The second-order valence-electron chi connectivity index (χ2n) is 3.69. The summed E-state index contributed by atoms with van der Waals surface area (Å²) in [5, 5.41) is 7.66. The molecular formula is C11H16N4. The van der Waals surface area contributed by atoms with Crippen LogP contribution in [0.5, 0.6) is 0 Å². The van der Waals surface area contributed by atoms with Gasteiger partial charge in [-0.3, -0.25) is 4.68 Å². The minimum absolute atomic E-state index is 0.812. The Balaban J connectivity index is 1.83. The molecule has 0 aromatic carbocycles. The minimum Gasteiger partial charge on any atom is -0.353 e. The number of hydrogen-bond donors (Lipinski definition) is 1. The van der Waals surface area contributed by atoms with Gasteiger partial charge in [-0.05, 0) is 18.2 Å². The predicted octanol–water partition coefficient (Wildman–Crippen LogP) is 1.05. The third kappa shape index (κ3) is 2.47. The number of aromatic nitrogens is 3. The standard InChI is InChI=1S/C11H16N4/c1-14-6-3-4-11(14)9-12-8-10-5-7-15(2)13-10/h3-7,12H,8-9H2,1-2H3. The first-order chi connectivity index (χ1) is 7.25. The van der Waals surface area contributed by atoms with Gasteiger partial charge in [0.25, 0.3) is 0 Å². The van der Waals surface area contributed by atoms with E-state index in [1.54, 1.807) is 0 Å². The molecule has 0 spiro atoms. The predicted molar refractivity (Wildman–Crippen MR) is 59.2 cm³/mol. The first-order valence-electron chi connectivity index (χ1n) is 5.05. The molecule has 2 rings (SSSR count). The molecule has 2 heterocycles. The van der Waals surface area contributed by atoms with Crippen LogP contribution in [0.3, 0.4) is 0 Å². The van der Waals surface area contributed by atoms with E-state index in [1.807, 2.05) is 24.0 Å². The van der Waals surface area contributed by atoms with Crippen LogP contribution in [0.4, 0.5) is 0 Å². The summed E-state index contributed by atoms with van der Waals surface area (Å²) in [7, 11) is 3.98. The monoisotopic (exact) mass is 204 g/mol. The van der Waals surface area contributed by atoms with Crippen molar-refractivity contribution in [2.24, 2.45) is 14.1 Å². The summed E-state index contributed by atoms with van der Waals surface area (Å²) in [4.78, 5) is 0. The van der Waals surface area contributed by atoms with Gasteiger partial charge in [0.05, 0.1) is 5.69 Å². The Bertz CT molecular complexity index is 427. The molecule has 0 radical (unpaired) electrons. The zero-order valence-electron chi connectivity index (χ0n) is 9.14. The van der Waals surface area contributed by atoms with Gasteiger partial charge in [-0.15, -0.1) is 0 Å². The molecule has 0 unspecified atom stereocenters. The van der Waals surface area contributed by atoms with Crippen molar-refractivity contribution in [3.8, 4) is 0 Å². The number of nitrogens with zero attached hydrogens (tertiary/aromatic N) is 3. The third-order valence-electron chi connectivity index (χ3n) is 2.43. The number of nitrogens with one attached hydrogen (secondary N) is 1. The lowest BCUT2D eigenvalue weighted by Gasteiger charge is -2.04. The Morgan fingerprint density at radius 1 is 1.20 bits per heavy atom. The summed E-state index contributed by atoms with van der Waals surface area (Å²) in [5.74, 6) is 0. The maximum atomic E-state index is 4.30. The van der Waals surface area contributed by atoms with Gasteiger partial charge in [0.2, 0.25) is 0 Å². The van der Waals surface area contributed by atoms with Crippen LogP contribution >= 0.6 is 0 Å². The van der Waals surface area contributed by atoms with Crippen molar-refractivity contribution < 1.29 is 0 Å². The highest BCUT2D eigenvalue weighted by atomic mass is 15.3. The van der Waals surface area contributed by atoms with Crippen molar-refractivity contribution in [3.05, 3.63) is 42.0 Å². The molecule has 0 aliphatic carbocycles. The van der Waals surface area contributed by atoms with E-state index in [9.17, 15) is 0 Å². The molecule has 2 aromatic heterocycles. The SMILES string of the molecule is Cn1ccc(CNCc2cccn2C)n1. The fourth-order valence-corrected chi connectivity index (χ4v) is 1.56. The number of hydrogen-bond acceptors (Lipinski definition) is 2. The Kier molecular flexibility index (Phi) is 2.87. The molecule has 80 valence electrons. The number of aryl methyl sites for hydroxylation is 2. The van der Waals surface area contributed by atoms with E-state index >= 15 is 0 Å². The summed E-state index contributed by atoms with van der Waals surface area (Å²) in [6, 6.07) is 6.20. The van der Waals surface area contributed by atoms with E-state index in [4.69, 9.17) is 0 Å². The lowest BCUT2D eigenvalue weighted by atomic mass is 10.4. The summed E-state index contributed by atoms with van der Waals surface area (Å²) < 4.78 is 3.94. The largest absolute Gasteiger partial charge is 0.353 e. The van der Waals surface area contributed by atoms with Gasteiger partial charge in [0, 0.05) is 45.3 Å². The van der Waals surface area contributed by atoms with E-state index in [-0.39, 0.29) is 0 Å². The minimum atomic E-state index is 0.812. The van der Waals surface area contributed by atoms with Crippen molar-refractivity contribution in [3.63, 3.8) is 0 Å². The first kappa shape index (κ1) is 9.98. The van der Waals surface area contributed by atoms with Crippen LogP contribution in [0.1, 0.15) is 11.4 Å². The van der Waals surface area contributed by atoms with Crippen LogP contribution < -0.4 is 5.32 Å². The van der Waals surface area contributed by atoms with Crippen molar-refractivity contribution in [1.29, 1.82) is 0 Å². The summed E-state index contributed by atoms with van der Waals surface area (Å²) in [6.07, 6.45) is 4.01. The van der Waals surface area contributed by atoms with Gasteiger partial charge in [0.15, 0.2) is 0 Å². The average Bonchev–Trinajstić information content (AvgIpc) is 2.77. The third-order valence-corrected chi connectivity index (χ3v) is 2.43. The second-order valence-corrected chi connectivity index (χ2v) is 3.69. The van der Waals surface area contributed by atoms with Gasteiger partial charge in [-0.2, -0.15) is 5.10 Å². The molecule has 0 saturated carbocycles. The summed E-state index contributed by atoms with van der Waals surface area (Å²) >= 11 is 0. The van der Waals surface area contributed by atoms with E-state index in [0.717, 1.165) is 18.8 Å². The fraction of sp³-hybridized carbons (Fsp3) is 0.364. The highest BCUT2D eigenvalue weighted by Gasteiger charge is 1.98. The smallest absolute Gasteiger partial charge is 0.0762 e. The van der Waals surface area contributed by atoms with Crippen molar-refractivity contribution in [2.45, 2.75) is 13.1 Å². The Morgan fingerprint density at radius 3 is 2.67 bits per heavy atom. The molecule has 15 heavy (non-hydrogen) atoms. The zero-order valence-corrected chi connectivity index (χ0v) is 9.14. The highest BCUT2D eigenvalue weighted by molar-refractivity contribution is 5.06. The van der Waals surface area contributed by atoms with E-state index in [0.29, 0.717) is 0 Å². The first-order valence-corrected chi connectivity index (χ1v) is 5.05. The summed E-state index contributed by atoms with van der Waals surface area (Å²) in [6.45, 7) is 1.69. The molecule has 0 aliphatic rings. The molecule has 4 heteroatoms. The van der Waals surface area contributed by atoms with Gasteiger partial charge >= 0.3 is 0 Å². The lowest BCUT2D eigenvalue weighted by Crippen LogP contribution is -2.15. The second kappa shape index (κ2) is 4.31. The maximum Gasteiger partial charge on any atom is 0.0762 e. The number of rotatable bonds is 4. The van der Waals surface area contributed by atoms with E-state index < -0.39 is 0 Å². The molecule has 0 fully saturated rings. The Labute approximate surface area is 89.5 Å². The molecule has 0 aliphatic heterocycles. The molecule has 0 amide bonds. The van der Waals surface area contributed by atoms with Crippen LogP contribution in [0, 0.1) is 0 Å². The quantitative estimate of drug-likeness (QED) is 0.807. The molecule has 0 atom stereocenters. The topological polar surface area (TPSA) is 34.8 Å². The van der Waals surface area contributed by atoms with Crippen molar-refractivity contribution in [1.82, 2.24) is 19.7 Å². The van der Waals surface area contributed by atoms with Crippen LogP contribution in [-0.4, -0.2) is 14.3 Å². The van der Waals surface area contributed by atoms with Gasteiger partial charge in [-0.1, -0.05) is 0 Å². The van der Waals surface area contributed by atoms with Crippen molar-refractivity contribution in [2.75, 3.05) is 0 Å².